The maximum absolute atomic E-state index is 11.4. The van der Waals surface area contributed by atoms with Gasteiger partial charge in [-0.05, 0) is 29.3 Å². The van der Waals surface area contributed by atoms with E-state index in [1.54, 1.807) is 0 Å². The molecule has 6 nitrogen and oxygen atoms in total. The van der Waals surface area contributed by atoms with Crippen molar-refractivity contribution < 1.29 is 9.59 Å². The number of aryl methyl sites for hydroxylation is 2. The average molecular weight is 329 g/mol. The Morgan fingerprint density at radius 1 is 1.26 bits per heavy atom. The molecule has 0 spiro atoms. The molecule has 1 aromatic rings. The van der Waals surface area contributed by atoms with Crippen molar-refractivity contribution in [3.05, 3.63) is 15.9 Å². The normalized spacial score (nSPS) is 16.8. The zero-order valence-corrected chi connectivity index (χ0v) is 12.7. The minimum Gasteiger partial charge on any atom is -0.294 e. The highest BCUT2D eigenvalue weighted by Crippen LogP contribution is 2.23. The molecule has 7 heteroatoms. The Labute approximate surface area is 120 Å². The fraction of sp³-hybridized carbons (Fsp3) is 0.583. The summed E-state index contributed by atoms with van der Waals surface area (Å²) in [7, 11) is 0. The van der Waals surface area contributed by atoms with E-state index in [-0.39, 0.29) is 24.9 Å². The average Bonchev–Trinajstić information content (AvgIpc) is 2.65. The lowest BCUT2D eigenvalue weighted by Crippen LogP contribution is -2.51. The molecule has 1 aliphatic rings. The first-order valence-electron chi connectivity index (χ1n) is 6.34. The Kier molecular flexibility index (Phi) is 4.36. The summed E-state index contributed by atoms with van der Waals surface area (Å²) in [6, 6.07) is 0. The van der Waals surface area contributed by atoms with Crippen LogP contribution in [0.5, 0.6) is 0 Å². The number of nitrogens with zero attached hydrogens (tertiary/aromatic N) is 3. The van der Waals surface area contributed by atoms with Crippen LogP contribution in [-0.4, -0.2) is 39.6 Å². The summed E-state index contributed by atoms with van der Waals surface area (Å²) in [5.41, 5.74) is 2.02. The van der Waals surface area contributed by atoms with Crippen LogP contribution >= 0.6 is 15.9 Å². The number of piperazine rings is 1. The van der Waals surface area contributed by atoms with Gasteiger partial charge in [-0.15, -0.1) is 0 Å². The maximum atomic E-state index is 11.4. The molecule has 19 heavy (non-hydrogen) atoms. The fourth-order valence-corrected chi connectivity index (χ4v) is 2.88. The van der Waals surface area contributed by atoms with Gasteiger partial charge in [0.1, 0.15) is 0 Å². The topological polar surface area (TPSA) is 67.2 Å². The quantitative estimate of drug-likeness (QED) is 0.826. The molecule has 1 saturated heterocycles. The van der Waals surface area contributed by atoms with E-state index in [4.69, 9.17) is 0 Å². The summed E-state index contributed by atoms with van der Waals surface area (Å²) in [6.45, 7) is 5.87. The molecule has 0 unspecified atom stereocenters. The second-order valence-electron chi connectivity index (χ2n) is 4.49. The Hall–Kier alpha value is -1.21. The summed E-state index contributed by atoms with van der Waals surface area (Å²) >= 11 is 3.56. The molecular formula is C12H17BrN4O2. The summed E-state index contributed by atoms with van der Waals surface area (Å²) in [5, 5.41) is 6.81. The molecule has 0 aromatic carbocycles. The Bertz CT molecular complexity index is 496. The molecule has 0 aliphatic carbocycles. The summed E-state index contributed by atoms with van der Waals surface area (Å²) in [4.78, 5) is 24.6. The van der Waals surface area contributed by atoms with Crippen LogP contribution in [0, 0.1) is 0 Å². The number of hydrogen-bond donors (Lipinski definition) is 1. The lowest BCUT2D eigenvalue weighted by Gasteiger charge is -2.25. The minimum atomic E-state index is -0.245. The van der Waals surface area contributed by atoms with Gasteiger partial charge >= 0.3 is 0 Å². The molecule has 1 aliphatic heterocycles. The molecule has 2 rings (SSSR count). The molecule has 0 saturated carbocycles. The van der Waals surface area contributed by atoms with Crippen LogP contribution in [0.15, 0.2) is 4.47 Å². The molecule has 1 aromatic heterocycles. The van der Waals surface area contributed by atoms with E-state index in [0.29, 0.717) is 6.54 Å². The van der Waals surface area contributed by atoms with E-state index < -0.39 is 0 Å². The summed E-state index contributed by atoms with van der Waals surface area (Å²) in [5.74, 6) is -0.490. The van der Waals surface area contributed by atoms with Crippen molar-refractivity contribution in [3.8, 4) is 0 Å². The number of rotatable bonds is 4. The first-order valence-corrected chi connectivity index (χ1v) is 7.13. The van der Waals surface area contributed by atoms with Crippen LogP contribution in [0.2, 0.25) is 0 Å². The van der Waals surface area contributed by atoms with Gasteiger partial charge in [0, 0.05) is 13.1 Å². The van der Waals surface area contributed by atoms with Crippen LogP contribution in [-0.2, 0) is 29.1 Å². The Morgan fingerprint density at radius 3 is 2.42 bits per heavy atom. The van der Waals surface area contributed by atoms with Crippen molar-refractivity contribution in [1.82, 2.24) is 20.0 Å². The van der Waals surface area contributed by atoms with Crippen LogP contribution in [0.4, 0.5) is 0 Å². The summed E-state index contributed by atoms with van der Waals surface area (Å²) < 4.78 is 2.90. The second kappa shape index (κ2) is 5.83. The largest absolute Gasteiger partial charge is 0.294 e. The Morgan fingerprint density at radius 2 is 1.89 bits per heavy atom. The highest BCUT2D eigenvalue weighted by Gasteiger charge is 2.25. The lowest BCUT2D eigenvalue weighted by molar-refractivity contribution is -0.136. The van der Waals surface area contributed by atoms with Crippen molar-refractivity contribution in [3.63, 3.8) is 0 Å². The van der Waals surface area contributed by atoms with Crippen molar-refractivity contribution in [1.29, 1.82) is 0 Å². The molecule has 2 heterocycles. The van der Waals surface area contributed by atoms with E-state index in [1.807, 2.05) is 16.5 Å². The van der Waals surface area contributed by atoms with Gasteiger partial charge in [0.15, 0.2) is 0 Å². The number of aromatic nitrogens is 2. The number of amides is 2. The fourth-order valence-electron chi connectivity index (χ4n) is 2.19. The van der Waals surface area contributed by atoms with Crippen molar-refractivity contribution in [2.24, 2.45) is 0 Å². The van der Waals surface area contributed by atoms with Gasteiger partial charge in [0.05, 0.1) is 29.0 Å². The first kappa shape index (κ1) is 14.2. The third-order valence-electron chi connectivity index (χ3n) is 3.08. The van der Waals surface area contributed by atoms with Gasteiger partial charge in [-0.3, -0.25) is 24.5 Å². The van der Waals surface area contributed by atoms with Gasteiger partial charge in [0.2, 0.25) is 11.8 Å². The zero-order chi connectivity index (χ0) is 14.0. The number of carbonyl (C=O) groups excluding carboxylic acids is 2. The third-order valence-corrected chi connectivity index (χ3v) is 4.00. The van der Waals surface area contributed by atoms with E-state index in [0.717, 1.165) is 28.8 Å². The van der Waals surface area contributed by atoms with Gasteiger partial charge < -0.3 is 0 Å². The predicted molar refractivity (Wildman–Crippen MR) is 73.4 cm³/mol. The van der Waals surface area contributed by atoms with E-state index in [1.165, 1.54) is 0 Å². The number of carbonyl (C=O) groups is 2. The number of halogens is 1. The molecule has 0 atom stereocenters. The number of nitrogens with one attached hydrogen (secondary N) is 1. The third kappa shape index (κ3) is 3.03. The van der Waals surface area contributed by atoms with Gasteiger partial charge in [-0.1, -0.05) is 6.92 Å². The van der Waals surface area contributed by atoms with Gasteiger partial charge in [-0.2, -0.15) is 5.10 Å². The maximum Gasteiger partial charge on any atom is 0.240 e. The molecule has 1 fully saturated rings. The van der Waals surface area contributed by atoms with Crippen molar-refractivity contribution in [2.75, 3.05) is 13.1 Å². The summed E-state index contributed by atoms with van der Waals surface area (Å²) in [6.07, 6.45) is 0.847. The monoisotopic (exact) mass is 328 g/mol. The standard InChI is InChI=1S/C12H17BrN4O2/c1-3-8-12(13)9(17(4-2)15-8)5-16-6-10(18)14-11(19)7-16/h3-7H2,1-2H3,(H,14,18,19). The second-order valence-corrected chi connectivity index (χ2v) is 5.29. The molecule has 0 radical (unpaired) electrons. The molecule has 104 valence electrons. The Balaban J connectivity index is 2.20. The van der Waals surface area contributed by atoms with Crippen molar-refractivity contribution >= 4 is 27.7 Å². The van der Waals surface area contributed by atoms with Crippen LogP contribution in [0.3, 0.4) is 0 Å². The molecule has 2 amide bonds. The smallest absolute Gasteiger partial charge is 0.240 e. The predicted octanol–water partition coefficient (Wildman–Crippen LogP) is 0.686. The zero-order valence-electron chi connectivity index (χ0n) is 11.1. The van der Waals surface area contributed by atoms with Gasteiger partial charge in [-0.25, -0.2) is 0 Å². The highest BCUT2D eigenvalue weighted by atomic mass is 79.9. The lowest BCUT2D eigenvalue weighted by atomic mass is 10.2. The van der Waals surface area contributed by atoms with Crippen LogP contribution in [0.25, 0.3) is 0 Å². The first-order chi connectivity index (χ1) is 9.05. The van der Waals surface area contributed by atoms with E-state index in [2.05, 4.69) is 33.3 Å². The molecule has 1 N–H and O–H groups in total. The number of hydrogen-bond acceptors (Lipinski definition) is 4. The van der Waals surface area contributed by atoms with Crippen LogP contribution < -0.4 is 5.32 Å². The minimum absolute atomic E-state index is 0.245. The van der Waals surface area contributed by atoms with E-state index >= 15 is 0 Å². The van der Waals surface area contributed by atoms with Gasteiger partial charge in [0.25, 0.3) is 0 Å². The highest BCUT2D eigenvalue weighted by molar-refractivity contribution is 9.10. The number of imide groups is 1. The SMILES string of the molecule is CCc1nn(CC)c(CN2CC(=O)NC(=O)C2)c1Br. The van der Waals surface area contributed by atoms with Crippen molar-refractivity contribution in [2.45, 2.75) is 33.4 Å². The molecule has 0 bridgehead atoms. The van der Waals surface area contributed by atoms with E-state index in [9.17, 15) is 9.59 Å². The van der Waals surface area contributed by atoms with Crippen LogP contribution in [0.1, 0.15) is 25.2 Å². The molecular weight excluding hydrogens is 312 g/mol.